The minimum absolute atomic E-state index is 0.0492. The van der Waals surface area contributed by atoms with E-state index in [1.807, 2.05) is 6.92 Å². The van der Waals surface area contributed by atoms with Gasteiger partial charge in [-0.05, 0) is 55.9 Å². The van der Waals surface area contributed by atoms with Crippen LogP contribution in [0.5, 0.6) is 0 Å². The highest BCUT2D eigenvalue weighted by molar-refractivity contribution is 6.39. The van der Waals surface area contributed by atoms with Crippen LogP contribution in [0.2, 0.25) is 0 Å². The van der Waals surface area contributed by atoms with Gasteiger partial charge in [-0.2, -0.15) is 0 Å². The maximum atomic E-state index is 14.1. The summed E-state index contributed by atoms with van der Waals surface area (Å²) in [5, 5.41) is 13.9. The first kappa shape index (κ1) is 37.1. The summed E-state index contributed by atoms with van der Waals surface area (Å²) in [7, 11) is 4.14. The number of ether oxygens (including phenoxy) is 4. The van der Waals surface area contributed by atoms with E-state index in [0.29, 0.717) is 5.57 Å². The Morgan fingerprint density at radius 3 is 2.26 bits per heavy atom. The van der Waals surface area contributed by atoms with Gasteiger partial charge >= 0.3 is 6.09 Å². The Kier molecular flexibility index (Phi) is 13.0. The number of aliphatic hydroxyl groups excluding tert-OH is 1. The van der Waals surface area contributed by atoms with Crippen LogP contribution in [0.3, 0.4) is 0 Å². The Labute approximate surface area is 274 Å². The second kappa shape index (κ2) is 16.4. The van der Waals surface area contributed by atoms with Gasteiger partial charge in [0.1, 0.15) is 17.6 Å². The number of allylic oxidation sites excluding steroid dienone is 4. The van der Waals surface area contributed by atoms with Crippen molar-refractivity contribution in [3.63, 3.8) is 0 Å². The molecule has 2 aliphatic rings. The van der Waals surface area contributed by atoms with Crippen molar-refractivity contribution in [1.29, 1.82) is 0 Å². The SMILES string of the molecule is COC1=C2C[C@@H](C)C[C@H](OC)[C@H](O)[C@@H](C)/C=C(\C)[C@H](OC(N)=O)[C@@H](OC)/C=C\C=C(/C)C(=O)NC(=C(c3ccc(F)cc3)C1=O)C2=O. The van der Waals surface area contributed by atoms with Crippen molar-refractivity contribution >= 4 is 29.1 Å². The zero-order chi connectivity index (χ0) is 35.0. The molecule has 0 fully saturated rings. The molecule has 254 valence electrons. The molecule has 0 radical (unpaired) electrons. The van der Waals surface area contributed by atoms with E-state index in [0.717, 1.165) is 12.1 Å². The summed E-state index contributed by atoms with van der Waals surface area (Å²) in [6, 6.07) is 4.97. The molecule has 0 unspecified atom stereocenters. The number of hydrogen-bond acceptors (Lipinski definition) is 9. The number of nitrogens with one attached hydrogen (secondary N) is 1. The van der Waals surface area contributed by atoms with Crippen molar-refractivity contribution in [3.05, 3.63) is 88.1 Å². The highest BCUT2D eigenvalue weighted by Crippen LogP contribution is 2.35. The molecule has 1 aromatic rings. The van der Waals surface area contributed by atoms with Crippen LogP contribution in [0.25, 0.3) is 5.57 Å². The molecule has 1 aliphatic heterocycles. The fraction of sp³-hybridized carbons (Fsp3) is 0.429. The van der Waals surface area contributed by atoms with E-state index in [-0.39, 0.29) is 52.5 Å². The Balaban J connectivity index is 2.21. The van der Waals surface area contributed by atoms with Crippen molar-refractivity contribution < 1.29 is 47.6 Å². The van der Waals surface area contributed by atoms with E-state index in [2.05, 4.69) is 5.32 Å². The van der Waals surface area contributed by atoms with Crippen molar-refractivity contribution in [2.75, 3.05) is 21.3 Å². The monoisotopic (exact) mass is 654 g/mol. The number of benzene rings is 1. The molecule has 0 saturated carbocycles. The Morgan fingerprint density at radius 1 is 1.02 bits per heavy atom. The number of ketones is 2. The number of fused-ring (bicyclic) bond motifs is 2. The molecule has 4 N–H and O–H groups in total. The first-order valence-corrected chi connectivity index (χ1v) is 15.1. The predicted molar refractivity (Wildman–Crippen MR) is 172 cm³/mol. The molecule has 1 aliphatic carbocycles. The summed E-state index contributed by atoms with van der Waals surface area (Å²) in [5.41, 5.74) is 5.93. The fourth-order valence-corrected chi connectivity index (χ4v) is 5.74. The van der Waals surface area contributed by atoms with Gasteiger partial charge in [0.2, 0.25) is 11.6 Å². The van der Waals surface area contributed by atoms with Crippen LogP contribution in [0.15, 0.2) is 76.7 Å². The molecule has 0 aromatic heterocycles. The summed E-state index contributed by atoms with van der Waals surface area (Å²) in [4.78, 5) is 53.2. The van der Waals surface area contributed by atoms with E-state index < -0.39 is 59.7 Å². The average molecular weight is 655 g/mol. The topological polar surface area (TPSA) is 163 Å². The number of rotatable bonds is 5. The Hall–Kier alpha value is -4.39. The number of nitrogens with two attached hydrogens (primary N) is 1. The lowest BCUT2D eigenvalue weighted by Crippen LogP contribution is -2.37. The fourth-order valence-electron chi connectivity index (χ4n) is 5.74. The van der Waals surface area contributed by atoms with Crippen molar-refractivity contribution in [1.82, 2.24) is 5.32 Å². The molecule has 47 heavy (non-hydrogen) atoms. The maximum Gasteiger partial charge on any atom is 0.405 e. The maximum absolute atomic E-state index is 14.1. The minimum Gasteiger partial charge on any atom is -0.492 e. The molecule has 2 amide bonds. The molecule has 2 bridgehead atoms. The zero-order valence-corrected chi connectivity index (χ0v) is 27.7. The van der Waals surface area contributed by atoms with Gasteiger partial charge in [-0.1, -0.05) is 50.3 Å². The number of hydrogen-bond donors (Lipinski definition) is 3. The largest absolute Gasteiger partial charge is 0.492 e. The molecule has 11 nitrogen and oxygen atoms in total. The third-order valence-electron chi connectivity index (χ3n) is 8.24. The van der Waals surface area contributed by atoms with Gasteiger partial charge < -0.3 is 35.1 Å². The van der Waals surface area contributed by atoms with Crippen LogP contribution in [0.1, 0.15) is 46.1 Å². The Bertz CT molecular complexity index is 1520. The lowest BCUT2D eigenvalue weighted by Gasteiger charge is -2.30. The Morgan fingerprint density at radius 2 is 1.68 bits per heavy atom. The smallest absolute Gasteiger partial charge is 0.405 e. The number of halogens is 1. The molecule has 6 atom stereocenters. The molecule has 1 heterocycles. The number of aliphatic hydroxyl groups is 1. The molecule has 0 saturated heterocycles. The molecule has 3 rings (SSSR count). The highest BCUT2D eigenvalue weighted by atomic mass is 19.1. The van der Waals surface area contributed by atoms with Crippen LogP contribution in [-0.2, 0) is 33.3 Å². The van der Waals surface area contributed by atoms with E-state index >= 15 is 0 Å². The number of carbonyl (C=O) groups excluding carboxylic acids is 4. The van der Waals surface area contributed by atoms with E-state index in [1.165, 1.54) is 52.5 Å². The van der Waals surface area contributed by atoms with Gasteiger partial charge in [-0.3, -0.25) is 14.4 Å². The van der Waals surface area contributed by atoms with Crippen LogP contribution in [0.4, 0.5) is 9.18 Å². The van der Waals surface area contributed by atoms with Crippen LogP contribution in [-0.4, -0.2) is 74.4 Å². The summed E-state index contributed by atoms with van der Waals surface area (Å²) in [6.45, 7) is 6.83. The van der Waals surface area contributed by atoms with Crippen LogP contribution >= 0.6 is 0 Å². The summed E-state index contributed by atoms with van der Waals surface area (Å²) >= 11 is 0. The molecule has 0 spiro atoms. The normalized spacial score (nSPS) is 29.8. The van der Waals surface area contributed by atoms with Gasteiger partial charge in [-0.25, -0.2) is 9.18 Å². The van der Waals surface area contributed by atoms with Gasteiger partial charge in [-0.15, -0.1) is 0 Å². The molecule has 1 aromatic carbocycles. The second-order valence-electron chi connectivity index (χ2n) is 11.8. The zero-order valence-electron chi connectivity index (χ0n) is 27.7. The number of amides is 2. The first-order valence-electron chi connectivity index (χ1n) is 15.1. The quantitative estimate of drug-likeness (QED) is 0.314. The third kappa shape index (κ3) is 8.91. The lowest BCUT2D eigenvalue weighted by molar-refractivity contribution is -0.120. The third-order valence-corrected chi connectivity index (χ3v) is 8.24. The number of methoxy groups -OCH3 is 3. The summed E-state index contributed by atoms with van der Waals surface area (Å²) in [6.07, 6.45) is 2.06. The van der Waals surface area contributed by atoms with Crippen molar-refractivity contribution in [2.45, 2.75) is 65.0 Å². The van der Waals surface area contributed by atoms with Gasteiger partial charge in [0, 0.05) is 31.3 Å². The van der Waals surface area contributed by atoms with E-state index in [9.17, 15) is 28.7 Å². The van der Waals surface area contributed by atoms with Crippen LogP contribution < -0.4 is 11.1 Å². The van der Waals surface area contributed by atoms with Crippen molar-refractivity contribution in [3.8, 4) is 0 Å². The van der Waals surface area contributed by atoms with Gasteiger partial charge in [0.25, 0.3) is 5.91 Å². The number of primary amides is 1. The first-order chi connectivity index (χ1) is 22.2. The van der Waals surface area contributed by atoms with Crippen molar-refractivity contribution in [2.24, 2.45) is 17.6 Å². The molecule has 12 heteroatoms. The van der Waals surface area contributed by atoms with E-state index in [1.54, 1.807) is 26.0 Å². The lowest BCUT2D eigenvalue weighted by atomic mass is 9.82. The molecular weight excluding hydrogens is 611 g/mol. The number of carbonyl (C=O) groups is 4. The van der Waals surface area contributed by atoms with Gasteiger partial charge in [0.15, 0.2) is 11.9 Å². The summed E-state index contributed by atoms with van der Waals surface area (Å²) in [5.74, 6) is -3.49. The van der Waals surface area contributed by atoms with E-state index in [4.69, 9.17) is 24.7 Å². The average Bonchev–Trinajstić information content (AvgIpc) is 3.03. The molecular formula is C35H43FN2O9. The summed E-state index contributed by atoms with van der Waals surface area (Å²) < 4.78 is 35.9. The predicted octanol–water partition coefficient (Wildman–Crippen LogP) is 4.07. The standard InChI is InChI=1S/C35H43FN2O9/c1-18-15-24-30(40)28(27(31(41)33(24)46-7)22-11-13-23(36)14-12-22)38-34(42)19(2)9-8-10-25(44-5)32(47-35(37)43)21(4)17-20(3)29(39)26(16-18)45-6/h8-14,17-18,20,25-26,29,32,39H,15-16H2,1-7H3,(H2,37,43)(H,38,42)/b10-8-,19-9+,21-17+/t18-,20+,25+,26+,29-,32+/m1/s1. The van der Waals surface area contributed by atoms with Gasteiger partial charge in [0.05, 0.1) is 24.9 Å². The van der Waals surface area contributed by atoms with Crippen LogP contribution in [0, 0.1) is 17.7 Å². The number of Topliss-reactive ketones (excluding diaryl/α,β-unsaturated/α-hetero) is 2. The second-order valence-corrected chi connectivity index (χ2v) is 11.8. The minimum atomic E-state index is -1.03. The highest BCUT2D eigenvalue weighted by Gasteiger charge is 2.38.